The molecule has 12 heavy (non-hydrogen) atoms. The molecule has 2 heteroatoms. The van der Waals surface area contributed by atoms with Gasteiger partial charge in [-0.3, -0.25) is 0 Å². The Morgan fingerprint density at radius 2 is 1.83 bits per heavy atom. The van der Waals surface area contributed by atoms with Gasteiger partial charge in [-0.05, 0) is 19.3 Å². The van der Waals surface area contributed by atoms with E-state index in [9.17, 15) is 0 Å². The highest BCUT2D eigenvalue weighted by Crippen LogP contribution is 2.24. The summed E-state index contributed by atoms with van der Waals surface area (Å²) in [6.45, 7) is 7.30. The Morgan fingerprint density at radius 1 is 1.33 bits per heavy atom. The number of hydrogen-bond donors (Lipinski definition) is 1. The van der Waals surface area contributed by atoms with Crippen molar-refractivity contribution in [3.05, 3.63) is 0 Å². The molecule has 0 radical (unpaired) electrons. The number of methoxy groups -OCH3 is 1. The molecule has 2 nitrogen and oxygen atoms in total. The van der Waals surface area contributed by atoms with Crippen LogP contribution < -0.4 is 5.73 Å². The summed E-state index contributed by atoms with van der Waals surface area (Å²) >= 11 is 0. The van der Waals surface area contributed by atoms with E-state index in [1.165, 1.54) is 0 Å². The molecule has 0 fully saturated rings. The van der Waals surface area contributed by atoms with Crippen LogP contribution in [0.1, 0.15) is 40.0 Å². The first-order chi connectivity index (χ1) is 5.58. The molecule has 0 aromatic carbocycles. The van der Waals surface area contributed by atoms with Gasteiger partial charge in [-0.1, -0.05) is 26.7 Å². The van der Waals surface area contributed by atoms with E-state index in [0.717, 1.165) is 25.9 Å². The molecule has 0 aliphatic carbocycles. The Balaban J connectivity index is 3.96. The van der Waals surface area contributed by atoms with E-state index in [4.69, 9.17) is 10.5 Å². The second-order valence-electron chi connectivity index (χ2n) is 3.76. The third-order valence-electron chi connectivity index (χ3n) is 2.76. The molecule has 0 bridgehead atoms. The zero-order valence-electron chi connectivity index (χ0n) is 8.89. The molecule has 0 aliphatic rings. The highest BCUT2D eigenvalue weighted by molar-refractivity contribution is 4.85. The molecule has 0 aromatic heterocycles. The topological polar surface area (TPSA) is 35.2 Å². The average molecular weight is 173 g/mol. The van der Waals surface area contributed by atoms with Crippen molar-refractivity contribution >= 4 is 0 Å². The Morgan fingerprint density at radius 3 is 2.17 bits per heavy atom. The number of ether oxygens (including phenoxy) is 1. The van der Waals surface area contributed by atoms with Crippen LogP contribution in [0.5, 0.6) is 0 Å². The van der Waals surface area contributed by atoms with Crippen LogP contribution in [0.25, 0.3) is 0 Å². The second-order valence-corrected chi connectivity index (χ2v) is 3.76. The molecule has 0 aromatic rings. The summed E-state index contributed by atoms with van der Waals surface area (Å²) in [6.07, 6.45) is 3.27. The van der Waals surface area contributed by atoms with Gasteiger partial charge in [0, 0.05) is 19.3 Å². The van der Waals surface area contributed by atoms with Gasteiger partial charge in [0.25, 0.3) is 0 Å². The lowest BCUT2D eigenvalue weighted by Crippen LogP contribution is -2.44. The second kappa shape index (κ2) is 5.55. The summed E-state index contributed by atoms with van der Waals surface area (Å²) < 4.78 is 5.04. The quantitative estimate of drug-likeness (QED) is 0.668. The van der Waals surface area contributed by atoms with Crippen molar-refractivity contribution in [1.29, 1.82) is 0 Å². The Bertz CT molecular complexity index is 108. The molecule has 1 unspecified atom stereocenters. The van der Waals surface area contributed by atoms with E-state index in [-0.39, 0.29) is 5.54 Å². The molecule has 1 atom stereocenters. The Labute approximate surface area is 76.5 Å². The summed E-state index contributed by atoms with van der Waals surface area (Å²) in [7, 11) is 1.73. The largest absolute Gasteiger partial charge is 0.385 e. The van der Waals surface area contributed by atoms with Gasteiger partial charge >= 0.3 is 0 Å². The zero-order chi connectivity index (χ0) is 9.61. The van der Waals surface area contributed by atoms with Gasteiger partial charge in [-0.15, -0.1) is 0 Å². The molecule has 74 valence electrons. The fourth-order valence-electron chi connectivity index (χ4n) is 1.75. The van der Waals surface area contributed by atoms with Crippen molar-refractivity contribution < 1.29 is 4.74 Å². The molecule has 2 N–H and O–H groups in total. The van der Waals surface area contributed by atoms with Crippen molar-refractivity contribution in [3.8, 4) is 0 Å². The van der Waals surface area contributed by atoms with Gasteiger partial charge < -0.3 is 10.5 Å². The normalized spacial score (nSPS) is 16.5. The summed E-state index contributed by atoms with van der Waals surface area (Å²) in [4.78, 5) is 0. The summed E-state index contributed by atoms with van der Waals surface area (Å²) in [5.74, 6) is 0.618. The van der Waals surface area contributed by atoms with Gasteiger partial charge in [0.15, 0.2) is 0 Å². The minimum Gasteiger partial charge on any atom is -0.385 e. The van der Waals surface area contributed by atoms with Crippen LogP contribution in [0.2, 0.25) is 0 Å². The highest BCUT2D eigenvalue weighted by Gasteiger charge is 2.26. The lowest BCUT2D eigenvalue weighted by atomic mass is 9.80. The standard InChI is InChI=1S/C10H23NO/c1-5-9(6-2)10(3,11)7-8-12-4/h9H,5-8,11H2,1-4H3. The van der Waals surface area contributed by atoms with Crippen molar-refractivity contribution in [2.45, 2.75) is 45.6 Å². The Kier molecular flexibility index (Phi) is 5.51. The smallest absolute Gasteiger partial charge is 0.0479 e. The van der Waals surface area contributed by atoms with E-state index in [1.807, 2.05) is 0 Å². The number of hydrogen-bond acceptors (Lipinski definition) is 2. The van der Waals surface area contributed by atoms with Crippen molar-refractivity contribution in [2.24, 2.45) is 11.7 Å². The van der Waals surface area contributed by atoms with Crippen molar-refractivity contribution in [2.75, 3.05) is 13.7 Å². The van der Waals surface area contributed by atoms with E-state index in [0.29, 0.717) is 5.92 Å². The first-order valence-corrected chi connectivity index (χ1v) is 4.86. The molecular weight excluding hydrogens is 150 g/mol. The maximum absolute atomic E-state index is 6.19. The van der Waals surface area contributed by atoms with Gasteiger partial charge in [0.05, 0.1) is 0 Å². The van der Waals surface area contributed by atoms with E-state index >= 15 is 0 Å². The number of nitrogens with two attached hydrogens (primary N) is 1. The molecule has 0 aliphatic heterocycles. The lowest BCUT2D eigenvalue weighted by Gasteiger charge is -2.32. The monoisotopic (exact) mass is 173 g/mol. The molecular formula is C10H23NO. The lowest BCUT2D eigenvalue weighted by molar-refractivity contribution is 0.146. The van der Waals surface area contributed by atoms with Gasteiger partial charge in [0.2, 0.25) is 0 Å². The van der Waals surface area contributed by atoms with Crippen LogP contribution in [0.15, 0.2) is 0 Å². The Hall–Kier alpha value is -0.0800. The fourth-order valence-corrected chi connectivity index (χ4v) is 1.75. The maximum Gasteiger partial charge on any atom is 0.0479 e. The van der Waals surface area contributed by atoms with Gasteiger partial charge in [-0.2, -0.15) is 0 Å². The average Bonchev–Trinajstić information content (AvgIpc) is 2.03. The molecule has 0 heterocycles. The molecule has 0 spiro atoms. The van der Waals surface area contributed by atoms with Crippen LogP contribution in [0.4, 0.5) is 0 Å². The van der Waals surface area contributed by atoms with Crippen LogP contribution >= 0.6 is 0 Å². The predicted molar refractivity (Wildman–Crippen MR) is 53.2 cm³/mol. The third kappa shape index (κ3) is 3.55. The molecule has 0 saturated carbocycles. The van der Waals surface area contributed by atoms with E-state index in [1.54, 1.807) is 7.11 Å². The van der Waals surface area contributed by atoms with Crippen LogP contribution in [0, 0.1) is 5.92 Å². The highest BCUT2D eigenvalue weighted by atomic mass is 16.5. The molecule has 0 amide bonds. The number of rotatable bonds is 6. The minimum atomic E-state index is -0.0560. The first-order valence-electron chi connectivity index (χ1n) is 4.86. The first kappa shape index (κ1) is 11.9. The van der Waals surface area contributed by atoms with Crippen molar-refractivity contribution in [1.82, 2.24) is 0 Å². The fraction of sp³-hybridized carbons (Fsp3) is 1.00. The third-order valence-corrected chi connectivity index (χ3v) is 2.76. The van der Waals surface area contributed by atoms with Crippen LogP contribution in [-0.4, -0.2) is 19.3 Å². The van der Waals surface area contributed by atoms with E-state index in [2.05, 4.69) is 20.8 Å². The van der Waals surface area contributed by atoms with Crippen LogP contribution in [0.3, 0.4) is 0 Å². The van der Waals surface area contributed by atoms with Gasteiger partial charge in [-0.25, -0.2) is 0 Å². The van der Waals surface area contributed by atoms with E-state index < -0.39 is 0 Å². The summed E-state index contributed by atoms with van der Waals surface area (Å²) in [5, 5.41) is 0. The summed E-state index contributed by atoms with van der Waals surface area (Å²) in [5.41, 5.74) is 6.13. The summed E-state index contributed by atoms with van der Waals surface area (Å²) in [6, 6.07) is 0. The van der Waals surface area contributed by atoms with Gasteiger partial charge in [0.1, 0.15) is 0 Å². The molecule has 0 rings (SSSR count). The van der Waals surface area contributed by atoms with Crippen LogP contribution in [-0.2, 0) is 4.74 Å². The minimum absolute atomic E-state index is 0.0560. The SMILES string of the molecule is CCC(CC)C(C)(N)CCOC. The van der Waals surface area contributed by atoms with Crippen molar-refractivity contribution in [3.63, 3.8) is 0 Å². The predicted octanol–water partition coefficient (Wildman–Crippen LogP) is 2.18. The molecule has 0 saturated heterocycles. The zero-order valence-corrected chi connectivity index (χ0v) is 8.89. The maximum atomic E-state index is 6.19.